The number of amides is 1. The number of carboxylic acids is 1. The molecule has 0 aromatic carbocycles. The zero-order chi connectivity index (χ0) is 13.3. The number of pyridine rings is 1. The average Bonchev–Trinajstić information content (AvgIpc) is 2.71. The SMILES string of the molecule is CC1SCC(C(=O)O)N1C(=O)c1cccnc1Br. The second kappa shape index (κ2) is 5.27. The second-order valence-electron chi connectivity index (χ2n) is 3.84. The number of rotatable bonds is 2. The molecule has 0 spiro atoms. The first kappa shape index (κ1) is 13.4. The molecule has 2 heterocycles. The number of carbonyl (C=O) groups is 2. The minimum atomic E-state index is -0.972. The van der Waals surface area contributed by atoms with E-state index >= 15 is 0 Å². The van der Waals surface area contributed by atoms with Crippen molar-refractivity contribution < 1.29 is 14.7 Å². The molecule has 1 aliphatic heterocycles. The van der Waals surface area contributed by atoms with Gasteiger partial charge in [0, 0.05) is 11.9 Å². The Kier molecular flexibility index (Phi) is 3.91. The number of thioether (sulfide) groups is 1. The van der Waals surface area contributed by atoms with Gasteiger partial charge in [-0.15, -0.1) is 11.8 Å². The molecule has 96 valence electrons. The third-order valence-corrected chi connectivity index (χ3v) is 4.58. The van der Waals surface area contributed by atoms with E-state index in [1.807, 2.05) is 6.92 Å². The number of carbonyl (C=O) groups excluding carboxylic acids is 1. The molecule has 2 unspecified atom stereocenters. The van der Waals surface area contributed by atoms with E-state index < -0.39 is 12.0 Å². The molecule has 1 saturated heterocycles. The van der Waals surface area contributed by atoms with Crippen LogP contribution < -0.4 is 0 Å². The summed E-state index contributed by atoms with van der Waals surface area (Å²) in [5.74, 6) is -0.861. The van der Waals surface area contributed by atoms with E-state index in [2.05, 4.69) is 20.9 Å². The van der Waals surface area contributed by atoms with E-state index in [1.165, 1.54) is 16.7 Å². The van der Waals surface area contributed by atoms with Crippen LogP contribution >= 0.6 is 27.7 Å². The van der Waals surface area contributed by atoms with Crippen LogP contribution in [0.2, 0.25) is 0 Å². The first-order chi connectivity index (χ1) is 8.52. The average molecular weight is 331 g/mol. The number of halogens is 1. The number of carboxylic acid groups (broad SMARTS) is 1. The molecule has 5 nitrogen and oxygen atoms in total. The molecule has 7 heteroatoms. The van der Waals surface area contributed by atoms with Crippen LogP contribution in [0.15, 0.2) is 22.9 Å². The Hall–Kier alpha value is -1.08. The van der Waals surface area contributed by atoms with Crippen LogP contribution in [-0.4, -0.2) is 44.0 Å². The summed E-state index contributed by atoms with van der Waals surface area (Å²) in [6.45, 7) is 1.83. The third kappa shape index (κ3) is 2.37. The van der Waals surface area contributed by atoms with E-state index in [1.54, 1.807) is 18.3 Å². The first-order valence-corrected chi connectivity index (χ1v) is 7.14. The molecule has 1 fully saturated rings. The molecular weight excluding hydrogens is 320 g/mol. The summed E-state index contributed by atoms with van der Waals surface area (Å²) in [5.41, 5.74) is 0.387. The topological polar surface area (TPSA) is 70.5 Å². The van der Waals surface area contributed by atoms with Crippen molar-refractivity contribution in [1.82, 2.24) is 9.88 Å². The van der Waals surface area contributed by atoms with Crippen molar-refractivity contribution in [2.75, 3.05) is 5.75 Å². The minimum Gasteiger partial charge on any atom is -0.480 e. The molecule has 1 amide bonds. The molecular formula is C11H11BrN2O3S. The zero-order valence-electron chi connectivity index (χ0n) is 9.54. The summed E-state index contributed by atoms with van der Waals surface area (Å²) in [6.07, 6.45) is 1.57. The van der Waals surface area contributed by atoms with Gasteiger partial charge in [-0.2, -0.15) is 0 Å². The highest BCUT2D eigenvalue weighted by molar-refractivity contribution is 9.10. The van der Waals surface area contributed by atoms with Crippen molar-refractivity contribution in [1.29, 1.82) is 0 Å². The lowest BCUT2D eigenvalue weighted by Crippen LogP contribution is -2.44. The van der Waals surface area contributed by atoms with Crippen molar-refractivity contribution in [3.8, 4) is 0 Å². The Balaban J connectivity index is 2.33. The Morgan fingerprint density at radius 1 is 1.61 bits per heavy atom. The highest BCUT2D eigenvalue weighted by Crippen LogP contribution is 2.31. The van der Waals surface area contributed by atoms with Gasteiger partial charge in [-0.1, -0.05) is 0 Å². The highest BCUT2D eigenvalue weighted by atomic mass is 79.9. The number of aromatic nitrogens is 1. The van der Waals surface area contributed by atoms with Gasteiger partial charge in [-0.25, -0.2) is 9.78 Å². The van der Waals surface area contributed by atoms with E-state index in [9.17, 15) is 9.59 Å². The van der Waals surface area contributed by atoms with Crippen LogP contribution in [0.25, 0.3) is 0 Å². The molecule has 18 heavy (non-hydrogen) atoms. The number of nitrogens with zero attached hydrogens (tertiary/aromatic N) is 2. The monoisotopic (exact) mass is 330 g/mol. The van der Waals surface area contributed by atoms with Crippen LogP contribution in [-0.2, 0) is 4.79 Å². The fourth-order valence-electron chi connectivity index (χ4n) is 1.83. The molecule has 2 atom stereocenters. The van der Waals surface area contributed by atoms with E-state index in [4.69, 9.17) is 5.11 Å². The minimum absolute atomic E-state index is 0.147. The maximum Gasteiger partial charge on any atom is 0.327 e. The van der Waals surface area contributed by atoms with Gasteiger partial charge in [0.1, 0.15) is 10.6 Å². The summed E-state index contributed by atoms with van der Waals surface area (Å²) in [5, 5.41) is 8.98. The molecule has 1 N–H and O–H groups in total. The predicted octanol–water partition coefficient (Wildman–Crippen LogP) is 1.83. The first-order valence-electron chi connectivity index (χ1n) is 5.30. The zero-order valence-corrected chi connectivity index (χ0v) is 11.9. The second-order valence-corrected chi connectivity index (χ2v) is 5.94. The van der Waals surface area contributed by atoms with E-state index in [-0.39, 0.29) is 11.3 Å². The molecule has 1 aromatic rings. The van der Waals surface area contributed by atoms with Gasteiger partial charge in [0.2, 0.25) is 0 Å². The Morgan fingerprint density at radius 3 is 2.94 bits per heavy atom. The maximum absolute atomic E-state index is 12.4. The third-order valence-electron chi connectivity index (χ3n) is 2.73. The Labute approximate surface area is 117 Å². The van der Waals surface area contributed by atoms with Gasteiger partial charge in [-0.3, -0.25) is 4.79 Å². The molecule has 2 rings (SSSR count). The lowest BCUT2D eigenvalue weighted by atomic mass is 10.2. The lowest BCUT2D eigenvalue weighted by Gasteiger charge is -2.25. The fraction of sp³-hybridized carbons (Fsp3) is 0.364. The van der Waals surface area contributed by atoms with Crippen LogP contribution in [0.4, 0.5) is 0 Å². The van der Waals surface area contributed by atoms with Gasteiger partial charge in [-0.05, 0) is 35.0 Å². The largest absolute Gasteiger partial charge is 0.480 e. The molecule has 0 radical (unpaired) electrons. The van der Waals surface area contributed by atoms with Gasteiger partial charge in [0.05, 0.1) is 10.9 Å². The number of aliphatic carboxylic acids is 1. The maximum atomic E-state index is 12.4. The van der Waals surface area contributed by atoms with Crippen molar-refractivity contribution in [3.05, 3.63) is 28.5 Å². The van der Waals surface area contributed by atoms with Crippen LogP contribution in [0.5, 0.6) is 0 Å². The van der Waals surface area contributed by atoms with Crippen LogP contribution in [0, 0.1) is 0 Å². The Morgan fingerprint density at radius 2 is 2.33 bits per heavy atom. The summed E-state index contributed by atoms with van der Waals surface area (Å²) in [7, 11) is 0. The Bertz CT molecular complexity index is 497. The fourth-order valence-corrected chi connectivity index (χ4v) is 3.41. The number of hydrogen-bond donors (Lipinski definition) is 1. The number of hydrogen-bond acceptors (Lipinski definition) is 4. The van der Waals surface area contributed by atoms with Crippen molar-refractivity contribution in [2.45, 2.75) is 18.3 Å². The van der Waals surface area contributed by atoms with Crippen molar-refractivity contribution in [2.24, 2.45) is 0 Å². The summed E-state index contributed by atoms with van der Waals surface area (Å²) >= 11 is 4.67. The lowest BCUT2D eigenvalue weighted by molar-refractivity contribution is -0.141. The quantitative estimate of drug-likeness (QED) is 0.838. The van der Waals surface area contributed by atoms with Crippen molar-refractivity contribution >= 4 is 39.6 Å². The van der Waals surface area contributed by atoms with Gasteiger partial charge >= 0.3 is 5.97 Å². The standard InChI is InChI=1S/C11H11BrN2O3S/c1-6-14(8(5-18-6)11(16)17)10(15)7-3-2-4-13-9(7)12/h2-4,6,8H,5H2,1H3,(H,16,17). The normalized spacial score (nSPS) is 23.1. The molecule has 0 bridgehead atoms. The molecule has 1 aliphatic rings. The summed E-state index contributed by atoms with van der Waals surface area (Å²) < 4.78 is 0.434. The van der Waals surface area contributed by atoms with Gasteiger partial charge in [0.15, 0.2) is 0 Å². The predicted molar refractivity (Wildman–Crippen MR) is 71.5 cm³/mol. The highest BCUT2D eigenvalue weighted by Gasteiger charge is 2.40. The van der Waals surface area contributed by atoms with Crippen LogP contribution in [0.3, 0.4) is 0 Å². The van der Waals surface area contributed by atoms with Crippen molar-refractivity contribution in [3.63, 3.8) is 0 Å². The summed E-state index contributed by atoms with van der Waals surface area (Å²) in [4.78, 5) is 28.9. The van der Waals surface area contributed by atoms with Gasteiger partial charge < -0.3 is 10.0 Å². The van der Waals surface area contributed by atoms with Crippen LogP contribution in [0.1, 0.15) is 17.3 Å². The van der Waals surface area contributed by atoms with Gasteiger partial charge in [0.25, 0.3) is 5.91 Å². The smallest absolute Gasteiger partial charge is 0.327 e. The molecule has 1 aromatic heterocycles. The molecule has 0 saturated carbocycles. The molecule has 0 aliphatic carbocycles. The van der Waals surface area contributed by atoms with E-state index in [0.29, 0.717) is 15.9 Å². The summed E-state index contributed by atoms with van der Waals surface area (Å²) in [6, 6.07) is 2.51. The van der Waals surface area contributed by atoms with E-state index in [0.717, 1.165) is 0 Å².